The second kappa shape index (κ2) is 6.79. The van der Waals surface area contributed by atoms with Gasteiger partial charge in [0.2, 0.25) is 10.0 Å². The van der Waals surface area contributed by atoms with Gasteiger partial charge in [-0.3, -0.25) is 0 Å². The SMILES string of the molecule is CCc1ccnc(N(Cc2cccc(OC)c2)S(C)(=O)=O)c1. The summed E-state index contributed by atoms with van der Waals surface area (Å²) in [4.78, 5) is 4.21. The molecule has 1 aromatic carbocycles. The zero-order valence-corrected chi connectivity index (χ0v) is 13.8. The molecule has 5 nitrogen and oxygen atoms in total. The van der Waals surface area contributed by atoms with Crippen LogP contribution in [0.4, 0.5) is 5.82 Å². The summed E-state index contributed by atoms with van der Waals surface area (Å²) in [6.45, 7) is 2.24. The lowest BCUT2D eigenvalue weighted by atomic mass is 10.2. The van der Waals surface area contributed by atoms with Crippen LogP contribution in [0.5, 0.6) is 5.75 Å². The van der Waals surface area contributed by atoms with E-state index in [2.05, 4.69) is 4.98 Å². The van der Waals surface area contributed by atoms with Crippen molar-refractivity contribution < 1.29 is 13.2 Å². The Bertz CT molecular complexity index is 745. The molecule has 0 aliphatic carbocycles. The van der Waals surface area contributed by atoms with Gasteiger partial charge < -0.3 is 4.74 Å². The van der Waals surface area contributed by atoms with Crippen molar-refractivity contribution in [3.8, 4) is 5.75 Å². The summed E-state index contributed by atoms with van der Waals surface area (Å²) in [5.74, 6) is 1.13. The van der Waals surface area contributed by atoms with Crippen molar-refractivity contribution in [2.24, 2.45) is 0 Å². The number of methoxy groups -OCH3 is 1. The first-order valence-electron chi connectivity index (χ1n) is 6.99. The number of nitrogens with zero attached hydrogens (tertiary/aromatic N) is 2. The van der Waals surface area contributed by atoms with Crippen molar-refractivity contribution in [1.29, 1.82) is 0 Å². The lowest BCUT2D eigenvalue weighted by molar-refractivity contribution is 0.414. The first-order chi connectivity index (χ1) is 10.4. The standard InChI is InChI=1S/C16H20N2O3S/c1-4-13-8-9-17-16(11-13)18(22(3,19)20)12-14-6-5-7-15(10-14)21-2/h5-11H,4,12H2,1-3H3. The molecular weight excluding hydrogens is 300 g/mol. The highest BCUT2D eigenvalue weighted by Gasteiger charge is 2.19. The molecule has 118 valence electrons. The lowest BCUT2D eigenvalue weighted by Crippen LogP contribution is -2.30. The second-order valence-corrected chi connectivity index (χ2v) is 6.90. The van der Waals surface area contributed by atoms with Crippen molar-refractivity contribution in [3.63, 3.8) is 0 Å². The molecular formula is C16H20N2O3S. The number of hydrogen-bond donors (Lipinski definition) is 0. The Morgan fingerprint density at radius 3 is 2.59 bits per heavy atom. The molecule has 0 unspecified atom stereocenters. The van der Waals surface area contributed by atoms with Crippen molar-refractivity contribution >= 4 is 15.8 Å². The first-order valence-corrected chi connectivity index (χ1v) is 8.84. The summed E-state index contributed by atoms with van der Waals surface area (Å²) in [5, 5.41) is 0. The smallest absolute Gasteiger partial charge is 0.233 e. The average Bonchev–Trinajstić information content (AvgIpc) is 2.51. The minimum Gasteiger partial charge on any atom is -0.497 e. The molecule has 0 aliphatic heterocycles. The Kier molecular flexibility index (Phi) is 5.03. The molecule has 0 saturated carbocycles. The predicted molar refractivity (Wildman–Crippen MR) is 87.6 cm³/mol. The monoisotopic (exact) mass is 320 g/mol. The molecule has 0 atom stereocenters. The number of benzene rings is 1. The van der Waals surface area contributed by atoms with Crippen LogP contribution in [0, 0.1) is 0 Å². The molecule has 1 heterocycles. The molecule has 0 bridgehead atoms. The van der Waals surface area contributed by atoms with Crippen molar-refractivity contribution in [3.05, 3.63) is 53.7 Å². The van der Waals surface area contributed by atoms with Gasteiger partial charge in [0.15, 0.2) is 0 Å². The fraction of sp³-hybridized carbons (Fsp3) is 0.312. The van der Waals surface area contributed by atoms with Crippen molar-refractivity contribution in [2.75, 3.05) is 17.7 Å². The van der Waals surface area contributed by atoms with Crippen LogP contribution in [0.2, 0.25) is 0 Å². The maximum Gasteiger partial charge on any atom is 0.233 e. The Hall–Kier alpha value is -2.08. The van der Waals surface area contributed by atoms with E-state index in [9.17, 15) is 8.42 Å². The summed E-state index contributed by atoms with van der Waals surface area (Å²) in [6.07, 6.45) is 3.65. The molecule has 0 amide bonds. The Labute approximate surface area is 131 Å². The molecule has 22 heavy (non-hydrogen) atoms. The number of aryl methyl sites for hydroxylation is 1. The van der Waals surface area contributed by atoms with Crippen LogP contribution < -0.4 is 9.04 Å². The summed E-state index contributed by atoms with van der Waals surface area (Å²) < 4.78 is 30.8. The molecule has 2 aromatic rings. The Morgan fingerprint density at radius 2 is 1.95 bits per heavy atom. The van der Waals surface area contributed by atoms with Gasteiger partial charge in [-0.05, 0) is 41.8 Å². The fourth-order valence-corrected chi connectivity index (χ4v) is 2.94. The normalized spacial score (nSPS) is 11.2. The molecule has 0 aliphatic rings. The topological polar surface area (TPSA) is 59.5 Å². The van der Waals surface area contributed by atoms with Gasteiger partial charge in [-0.15, -0.1) is 0 Å². The number of ether oxygens (including phenoxy) is 1. The molecule has 0 N–H and O–H groups in total. The summed E-state index contributed by atoms with van der Waals surface area (Å²) in [7, 11) is -1.85. The molecule has 0 saturated heterocycles. The van der Waals surface area contributed by atoms with Gasteiger partial charge in [-0.25, -0.2) is 17.7 Å². The van der Waals surface area contributed by atoms with E-state index >= 15 is 0 Å². The molecule has 1 aromatic heterocycles. The second-order valence-electron chi connectivity index (χ2n) is 5.00. The van der Waals surface area contributed by atoms with Crippen molar-refractivity contribution in [1.82, 2.24) is 4.98 Å². The highest BCUT2D eigenvalue weighted by Crippen LogP contribution is 2.21. The summed E-state index contributed by atoms with van der Waals surface area (Å²) in [6, 6.07) is 11.0. The highest BCUT2D eigenvalue weighted by molar-refractivity contribution is 7.92. The third kappa shape index (κ3) is 3.98. The highest BCUT2D eigenvalue weighted by atomic mass is 32.2. The van der Waals surface area contributed by atoms with Gasteiger partial charge in [0.25, 0.3) is 0 Å². The van der Waals surface area contributed by atoms with Crippen LogP contribution in [-0.2, 0) is 23.0 Å². The zero-order chi connectivity index (χ0) is 16.2. The minimum absolute atomic E-state index is 0.218. The molecule has 0 radical (unpaired) electrons. The van der Waals surface area contributed by atoms with Gasteiger partial charge in [0, 0.05) is 6.20 Å². The van der Waals surface area contributed by atoms with E-state index in [0.717, 1.165) is 17.5 Å². The molecule has 0 spiro atoms. The van der Waals surface area contributed by atoms with E-state index in [-0.39, 0.29) is 6.54 Å². The van der Waals surface area contributed by atoms with E-state index in [0.29, 0.717) is 11.6 Å². The number of sulfonamides is 1. The van der Waals surface area contributed by atoms with E-state index in [4.69, 9.17) is 4.74 Å². The Morgan fingerprint density at radius 1 is 1.18 bits per heavy atom. The third-order valence-electron chi connectivity index (χ3n) is 3.33. The van der Waals surface area contributed by atoms with Crippen LogP contribution >= 0.6 is 0 Å². The van der Waals surface area contributed by atoms with Gasteiger partial charge in [0.1, 0.15) is 11.6 Å². The van der Waals surface area contributed by atoms with Gasteiger partial charge in [-0.2, -0.15) is 0 Å². The van der Waals surface area contributed by atoms with Crippen LogP contribution in [0.3, 0.4) is 0 Å². The van der Waals surface area contributed by atoms with Gasteiger partial charge in [0.05, 0.1) is 19.9 Å². The number of anilines is 1. The van der Waals surface area contributed by atoms with Crippen molar-refractivity contribution in [2.45, 2.75) is 19.9 Å². The number of pyridine rings is 1. The van der Waals surface area contributed by atoms with E-state index < -0.39 is 10.0 Å². The van der Waals surface area contributed by atoms with E-state index in [1.54, 1.807) is 19.4 Å². The number of rotatable bonds is 6. The summed E-state index contributed by atoms with van der Waals surface area (Å²) in [5.41, 5.74) is 1.89. The van der Waals surface area contributed by atoms with E-state index in [1.165, 1.54) is 10.6 Å². The third-order valence-corrected chi connectivity index (χ3v) is 4.45. The summed E-state index contributed by atoms with van der Waals surface area (Å²) >= 11 is 0. The van der Waals surface area contributed by atoms with Crippen LogP contribution in [0.1, 0.15) is 18.1 Å². The Balaban J connectivity index is 2.38. The number of aromatic nitrogens is 1. The number of hydrogen-bond acceptors (Lipinski definition) is 4. The first kappa shape index (κ1) is 16.3. The minimum atomic E-state index is -3.43. The lowest BCUT2D eigenvalue weighted by Gasteiger charge is -2.22. The maximum absolute atomic E-state index is 12.1. The maximum atomic E-state index is 12.1. The average molecular weight is 320 g/mol. The predicted octanol–water partition coefficient (Wildman–Crippen LogP) is 2.62. The van der Waals surface area contributed by atoms with Crippen LogP contribution in [0.15, 0.2) is 42.6 Å². The molecule has 6 heteroatoms. The molecule has 2 rings (SSSR count). The zero-order valence-electron chi connectivity index (χ0n) is 13.0. The molecule has 0 fully saturated rings. The van der Waals surface area contributed by atoms with Gasteiger partial charge in [-0.1, -0.05) is 19.1 Å². The van der Waals surface area contributed by atoms with Crippen LogP contribution in [0.25, 0.3) is 0 Å². The van der Waals surface area contributed by atoms with Gasteiger partial charge >= 0.3 is 0 Å². The quantitative estimate of drug-likeness (QED) is 0.821. The fourth-order valence-electron chi connectivity index (χ4n) is 2.12. The van der Waals surface area contributed by atoms with Crippen LogP contribution in [-0.4, -0.2) is 26.8 Å². The van der Waals surface area contributed by atoms with E-state index in [1.807, 2.05) is 37.3 Å². The largest absolute Gasteiger partial charge is 0.497 e.